The number of anilines is 1. The van der Waals surface area contributed by atoms with E-state index in [0.29, 0.717) is 32.4 Å². The average molecular weight is 423 g/mol. The number of fused-ring (bicyclic) bond motifs is 1. The zero-order chi connectivity index (χ0) is 22.0. The Kier molecular flexibility index (Phi) is 6.20. The average Bonchev–Trinajstić information content (AvgIpc) is 2.80. The first-order valence-electron chi connectivity index (χ1n) is 11.1. The summed E-state index contributed by atoms with van der Waals surface area (Å²) in [5.74, 6) is 2.59. The first-order chi connectivity index (χ1) is 15.0. The van der Waals surface area contributed by atoms with E-state index >= 15 is 0 Å². The molecule has 0 saturated carbocycles. The third kappa shape index (κ3) is 4.40. The van der Waals surface area contributed by atoms with Crippen molar-refractivity contribution in [2.45, 2.75) is 58.4 Å². The highest BCUT2D eigenvalue weighted by Gasteiger charge is 2.31. The summed E-state index contributed by atoms with van der Waals surface area (Å²) < 4.78 is 5.34. The molecule has 4 rings (SSSR count). The van der Waals surface area contributed by atoms with E-state index in [1.807, 2.05) is 43.0 Å². The van der Waals surface area contributed by atoms with E-state index in [9.17, 15) is 9.59 Å². The van der Waals surface area contributed by atoms with Crippen LogP contribution in [-0.2, 0) is 22.6 Å². The quantitative estimate of drug-likeness (QED) is 0.738. The number of methoxy groups -OCH3 is 1. The van der Waals surface area contributed by atoms with Crippen LogP contribution < -0.4 is 9.64 Å². The van der Waals surface area contributed by atoms with Gasteiger partial charge in [0.15, 0.2) is 0 Å². The van der Waals surface area contributed by atoms with Gasteiger partial charge in [-0.1, -0.05) is 19.1 Å². The van der Waals surface area contributed by atoms with E-state index in [-0.39, 0.29) is 17.7 Å². The second-order valence-electron chi connectivity index (χ2n) is 8.33. The van der Waals surface area contributed by atoms with Gasteiger partial charge in [0.25, 0.3) is 0 Å². The molecular weight excluding hydrogens is 392 g/mol. The molecule has 0 bridgehead atoms. The third-order valence-corrected chi connectivity index (χ3v) is 6.27. The molecule has 1 atom stereocenters. The number of likely N-dealkylation sites (tertiary alicyclic amines) is 1. The van der Waals surface area contributed by atoms with Gasteiger partial charge < -0.3 is 9.64 Å². The minimum Gasteiger partial charge on any atom is -0.497 e. The van der Waals surface area contributed by atoms with Gasteiger partial charge in [0.1, 0.15) is 17.4 Å². The van der Waals surface area contributed by atoms with Gasteiger partial charge in [-0.3, -0.25) is 14.5 Å². The lowest BCUT2D eigenvalue weighted by Gasteiger charge is -2.34. The first kappa shape index (κ1) is 21.3. The molecular formula is C24H30N4O3. The summed E-state index contributed by atoms with van der Waals surface area (Å²) in [5.41, 5.74) is 2.97. The first-order valence-corrected chi connectivity index (χ1v) is 11.1. The number of carbonyl (C=O) groups excluding carboxylic acids is 2. The molecule has 2 amide bonds. The zero-order valence-electron chi connectivity index (χ0n) is 18.6. The van der Waals surface area contributed by atoms with E-state index in [1.165, 1.54) is 0 Å². The molecule has 1 fully saturated rings. The molecule has 1 aromatic carbocycles. The molecule has 2 aromatic rings. The Labute approximate surface area is 183 Å². The lowest BCUT2D eigenvalue weighted by atomic mass is 9.95. The van der Waals surface area contributed by atoms with Crippen molar-refractivity contribution in [1.29, 1.82) is 0 Å². The molecule has 0 radical (unpaired) electrons. The minimum atomic E-state index is 0.0748. The Morgan fingerprint density at radius 1 is 1.26 bits per heavy atom. The SMILES string of the molecule is CCC(=O)N1CCC[C@@H](c2nc(C)c3c(n2)N(Cc2cccc(OC)c2)C(=O)CC3)C1. The Morgan fingerprint density at radius 2 is 2.10 bits per heavy atom. The summed E-state index contributed by atoms with van der Waals surface area (Å²) in [6.45, 7) is 5.79. The van der Waals surface area contributed by atoms with E-state index in [0.717, 1.165) is 53.6 Å². The number of piperidine rings is 1. The molecule has 7 nitrogen and oxygen atoms in total. The number of hydrogen-bond donors (Lipinski definition) is 0. The van der Waals surface area contributed by atoms with Crippen molar-refractivity contribution in [1.82, 2.24) is 14.9 Å². The molecule has 1 saturated heterocycles. The molecule has 31 heavy (non-hydrogen) atoms. The Balaban J connectivity index is 1.65. The largest absolute Gasteiger partial charge is 0.497 e. The lowest BCUT2D eigenvalue weighted by molar-refractivity contribution is -0.132. The van der Waals surface area contributed by atoms with Crippen LogP contribution in [0.3, 0.4) is 0 Å². The standard InChI is InChI=1S/C24H30N4O3/c1-4-21(29)27-12-6-8-18(15-27)23-25-16(2)20-10-11-22(30)28(24(20)26-23)14-17-7-5-9-19(13-17)31-3/h5,7,9,13,18H,4,6,8,10-12,14-15H2,1-3H3/t18-/m1/s1. The maximum Gasteiger partial charge on any atom is 0.228 e. The van der Waals surface area contributed by atoms with Gasteiger partial charge in [0.05, 0.1) is 13.7 Å². The number of ether oxygens (including phenoxy) is 1. The van der Waals surface area contributed by atoms with Crippen molar-refractivity contribution in [3.63, 3.8) is 0 Å². The van der Waals surface area contributed by atoms with E-state index in [1.54, 1.807) is 12.0 Å². The highest BCUT2D eigenvalue weighted by Crippen LogP contribution is 2.33. The van der Waals surface area contributed by atoms with Crippen molar-refractivity contribution in [3.8, 4) is 5.75 Å². The molecule has 0 aliphatic carbocycles. The van der Waals surface area contributed by atoms with Crippen molar-refractivity contribution >= 4 is 17.6 Å². The van der Waals surface area contributed by atoms with Crippen LogP contribution in [0.15, 0.2) is 24.3 Å². The lowest BCUT2D eigenvalue weighted by Crippen LogP contribution is -2.40. The smallest absolute Gasteiger partial charge is 0.228 e. The van der Waals surface area contributed by atoms with Crippen LogP contribution in [0.5, 0.6) is 5.75 Å². The van der Waals surface area contributed by atoms with Crippen LogP contribution in [0.4, 0.5) is 5.82 Å². The van der Waals surface area contributed by atoms with E-state index in [2.05, 4.69) is 0 Å². The maximum atomic E-state index is 12.9. The fourth-order valence-corrected chi connectivity index (χ4v) is 4.54. The number of amides is 2. The van der Waals surface area contributed by atoms with Crippen LogP contribution in [0.25, 0.3) is 0 Å². The third-order valence-electron chi connectivity index (χ3n) is 6.27. The maximum absolute atomic E-state index is 12.9. The van der Waals surface area contributed by atoms with Gasteiger partial charge in [0, 0.05) is 43.1 Å². The molecule has 3 heterocycles. The predicted molar refractivity (Wildman–Crippen MR) is 118 cm³/mol. The second kappa shape index (κ2) is 9.04. The Hall–Kier alpha value is -2.96. The molecule has 2 aliphatic rings. The normalized spacial score (nSPS) is 18.7. The van der Waals surface area contributed by atoms with Gasteiger partial charge >= 0.3 is 0 Å². The minimum absolute atomic E-state index is 0.0748. The van der Waals surface area contributed by atoms with Crippen molar-refractivity contribution in [3.05, 3.63) is 46.9 Å². The zero-order valence-corrected chi connectivity index (χ0v) is 18.6. The van der Waals surface area contributed by atoms with Gasteiger partial charge in [-0.2, -0.15) is 0 Å². The predicted octanol–water partition coefficient (Wildman–Crippen LogP) is 3.39. The number of nitrogens with zero attached hydrogens (tertiary/aromatic N) is 4. The van der Waals surface area contributed by atoms with Crippen molar-refractivity contribution in [2.24, 2.45) is 0 Å². The number of carbonyl (C=O) groups is 2. The van der Waals surface area contributed by atoms with Gasteiger partial charge in [-0.25, -0.2) is 9.97 Å². The van der Waals surface area contributed by atoms with E-state index < -0.39 is 0 Å². The van der Waals surface area contributed by atoms with Crippen LogP contribution in [0.2, 0.25) is 0 Å². The number of aryl methyl sites for hydroxylation is 1. The molecule has 164 valence electrons. The van der Waals surface area contributed by atoms with Crippen LogP contribution in [-0.4, -0.2) is 46.9 Å². The summed E-state index contributed by atoms with van der Waals surface area (Å²) in [6.07, 6.45) is 3.54. The number of rotatable bonds is 5. The summed E-state index contributed by atoms with van der Waals surface area (Å²) in [6, 6.07) is 7.77. The summed E-state index contributed by atoms with van der Waals surface area (Å²) in [5, 5.41) is 0. The molecule has 0 spiro atoms. The summed E-state index contributed by atoms with van der Waals surface area (Å²) in [4.78, 5) is 38.5. The van der Waals surface area contributed by atoms with E-state index in [4.69, 9.17) is 14.7 Å². The molecule has 0 N–H and O–H groups in total. The Bertz CT molecular complexity index is 991. The Morgan fingerprint density at radius 3 is 2.87 bits per heavy atom. The monoisotopic (exact) mass is 422 g/mol. The van der Waals surface area contributed by atoms with Crippen LogP contribution in [0, 0.1) is 6.92 Å². The number of benzene rings is 1. The van der Waals surface area contributed by atoms with Gasteiger partial charge in [0.2, 0.25) is 11.8 Å². The summed E-state index contributed by atoms with van der Waals surface area (Å²) >= 11 is 0. The molecule has 1 aromatic heterocycles. The summed E-state index contributed by atoms with van der Waals surface area (Å²) in [7, 11) is 1.64. The van der Waals surface area contributed by atoms with Crippen molar-refractivity contribution < 1.29 is 14.3 Å². The molecule has 7 heteroatoms. The highest BCUT2D eigenvalue weighted by atomic mass is 16.5. The van der Waals surface area contributed by atoms with Crippen LogP contribution >= 0.6 is 0 Å². The fraction of sp³-hybridized carbons (Fsp3) is 0.500. The molecule has 0 unspecified atom stereocenters. The molecule has 2 aliphatic heterocycles. The van der Waals surface area contributed by atoms with Gasteiger partial charge in [-0.05, 0) is 43.9 Å². The van der Waals surface area contributed by atoms with Crippen molar-refractivity contribution in [2.75, 3.05) is 25.1 Å². The number of aromatic nitrogens is 2. The van der Waals surface area contributed by atoms with Gasteiger partial charge in [-0.15, -0.1) is 0 Å². The second-order valence-corrected chi connectivity index (χ2v) is 8.33. The number of hydrogen-bond acceptors (Lipinski definition) is 5. The van der Waals surface area contributed by atoms with Crippen LogP contribution in [0.1, 0.15) is 61.2 Å². The highest BCUT2D eigenvalue weighted by molar-refractivity contribution is 5.95. The topological polar surface area (TPSA) is 75.6 Å². The fourth-order valence-electron chi connectivity index (χ4n) is 4.54.